The third-order valence-corrected chi connectivity index (χ3v) is 3.35. The Morgan fingerprint density at radius 3 is 2.36 bits per heavy atom. The summed E-state index contributed by atoms with van der Waals surface area (Å²) in [5.74, 6) is 0.725. The molecule has 3 rings (SSSR count). The molecule has 112 valence electrons. The van der Waals surface area contributed by atoms with Gasteiger partial charge in [-0.3, -0.25) is 0 Å². The Morgan fingerprint density at radius 2 is 1.68 bits per heavy atom. The van der Waals surface area contributed by atoms with Crippen LogP contribution in [0.25, 0.3) is 22.2 Å². The van der Waals surface area contributed by atoms with E-state index in [1.165, 1.54) is 20.3 Å². The maximum atomic E-state index is 14.1. The molecule has 0 bridgehead atoms. The van der Waals surface area contributed by atoms with Gasteiger partial charge in [-0.1, -0.05) is 12.1 Å². The first-order valence-corrected chi connectivity index (χ1v) is 6.58. The highest BCUT2D eigenvalue weighted by Crippen LogP contribution is 2.36. The number of ether oxygens (including phenoxy) is 2. The van der Waals surface area contributed by atoms with E-state index in [2.05, 4.69) is 9.97 Å². The summed E-state index contributed by atoms with van der Waals surface area (Å²) in [4.78, 5) is 8.38. The summed E-state index contributed by atoms with van der Waals surface area (Å²) in [6, 6.07) is 9.79. The molecule has 2 aromatic carbocycles. The van der Waals surface area contributed by atoms with Crippen LogP contribution >= 0.6 is 0 Å². The van der Waals surface area contributed by atoms with Crippen molar-refractivity contribution in [1.29, 1.82) is 0 Å². The second-order valence-electron chi connectivity index (χ2n) is 4.63. The lowest BCUT2D eigenvalue weighted by Gasteiger charge is -2.12. The Labute approximate surface area is 126 Å². The van der Waals surface area contributed by atoms with E-state index < -0.39 is 0 Å². The molecule has 0 fully saturated rings. The third-order valence-electron chi connectivity index (χ3n) is 3.35. The Balaban J connectivity index is 2.37. The monoisotopic (exact) mass is 299 g/mol. The molecule has 22 heavy (non-hydrogen) atoms. The lowest BCUT2D eigenvalue weighted by Crippen LogP contribution is -2.00. The van der Waals surface area contributed by atoms with Gasteiger partial charge in [0.05, 0.1) is 25.4 Å². The van der Waals surface area contributed by atoms with Crippen molar-refractivity contribution in [2.45, 2.75) is 0 Å². The summed E-state index contributed by atoms with van der Waals surface area (Å²) in [7, 11) is 3.07. The number of hydrogen-bond acceptors (Lipinski definition) is 5. The molecule has 0 aliphatic heterocycles. The van der Waals surface area contributed by atoms with E-state index in [1.54, 1.807) is 30.3 Å². The zero-order valence-corrected chi connectivity index (χ0v) is 12.1. The van der Waals surface area contributed by atoms with Crippen molar-refractivity contribution in [2.75, 3.05) is 20.0 Å². The van der Waals surface area contributed by atoms with Crippen molar-refractivity contribution < 1.29 is 13.9 Å². The van der Waals surface area contributed by atoms with Crippen molar-refractivity contribution >= 4 is 16.9 Å². The molecule has 2 N–H and O–H groups in total. The number of anilines is 1. The van der Waals surface area contributed by atoms with Gasteiger partial charge in [0, 0.05) is 17.0 Å². The summed E-state index contributed by atoms with van der Waals surface area (Å²) in [6.07, 6.45) is 0. The minimum absolute atomic E-state index is 0.0676. The minimum atomic E-state index is -0.378. The van der Waals surface area contributed by atoms with Crippen LogP contribution in [0.5, 0.6) is 11.5 Å². The topological polar surface area (TPSA) is 70.3 Å². The summed E-state index contributed by atoms with van der Waals surface area (Å²) in [5.41, 5.74) is 7.09. The lowest BCUT2D eigenvalue weighted by atomic mass is 10.1. The van der Waals surface area contributed by atoms with Crippen molar-refractivity contribution in [3.8, 4) is 22.8 Å². The van der Waals surface area contributed by atoms with E-state index in [1.807, 2.05) is 0 Å². The van der Waals surface area contributed by atoms with Gasteiger partial charge in [-0.25, -0.2) is 14.4 Å². The van der Waals surface area contributed by atoms with Crippen molar-refractivity contribution in [3.05, 3.63) is 42.2 Å². The van der Waals surface area contributed by atoms with E-state index >= 15 is 0 Å². The first-order valence-electron chi connectivity index (χ1n) is 6.58. The molecule has 0 unspecified atom stereocenters. The molecule has 5 nitrogen and oxygen atoms in total. The highest BCUT2D eigenvalue weighted by Gasteiger charge is 2.15. The molecule has 0 aliphatic rings. The van der Waals surface area contributed by atoms with Crippen LogP contribution in [0.1, 0.15) is 0 Å². The van der Waals surface area contributed by atoms with Gasteiger partial charge in [0.2, 0.25) is 5.95 Å². The first kappa shape index (κ1) is 14.1. The molecule has 0 atom stereocenters. The van der Waals surface area contributed by atoms with Gasteiger partial charge in [0.1, 0.15) is 5.82 Å². The van der Waals surface area contributed by atoms with Crippen LogP contribution in [0.2, 0.25) is 0 Å². The summed E-state index contributed by atoms with van der Waals surface area (Å²) >= 11 is 0. The molecule has 6 heteroatoms. The van der Waals surface area contributed by atoms with Gasteiger partial charge >= 0.3 is 0 Å². The molecule has 0 spiro atoms. The summed E-state index contributed by atoms with van der Waals surface area (Å²) in [5, 5.41) is 0.636. The van der Waals surface area contributed by atoms with Crippen LogP contribution < -0.4 is 15.2 Å². The fourth-order valence-corrected chi connectivity index (χ4v) is 2.33. The van der Waals surface area contributed by atoms with Crippen LogP contribution in [-0.4, -0.2) is 24.2 Å². The largest absolute Gasteiger partial charge is 0.493 e. The molecular weight excluding hydrogens is 285 g/mol. The second-order valence-corrected chi connectivity index (χ2v) is 4.63. The number of nitrogens with zero attached hydrogens (tertiary/aromatic N) is 2. The zero-order chi connectivity index (χ0) is 15.7. The zero-order valence-electron chi connectivity index (χ0n) is 12.1. The number of fused-ring (bicyclic) bond motifs is 1. The minimum Gasteiger partial charge on any atom is -0.493 e. The predicted molar refractivity (Wildman–Crippen MR) is 82.4 cm³/mol. The van der Waals surface area contributed by atoms with Crippen LogP contribution in [0, 0.1) is 5.82 Å². The molecule has 3 aromatic rings. The van der Waals surface area contributed by atoms with Gasteiger partial charge in [0.25, 0.3) is 0 Å². The van der Waals surface area contributed by atoms with E-state index in [-0.39, 0.29) is 11.8 Å². The SMILES string of the molecule is COc1cc2nc(N)nc(-c3ccccc3F)c2cc1OC. The highest BCUT2D eigenvalue weighted by atomic mass is 19.1. The van der Waals surface area contributed by atoms with E-state index in [9.17, 15) is 4.39 Å². The lowest BCUT2D eigenvalue weighted by molar-refractivity contribution is 0.356. The Hall–Kier alpha value is -2.89. The normalized spacial score (nSPS) is 10.7. The molecule has 1 heterocycles. The highest BCUT2D eigenvalue weighted by molar-refractivity contribution is 5.95. The van der Waals surface area contributed by atoms with Crippen LogP contribution in [0.3, 0.4) is 0 Å². The maximum Gasteiger partial charge on any atom is 0.221 e. The molecule has 0 saturated heterocycles. The van der Waals surface area contributed by atoms with Gasteiger partial charge in [-0.2, -0.15) is 0 Å². The van der Waals surface area contributed by atoms with E-state index in [0.717, 1.165) is 0 Å². The maximum absolute atomic E-state index is 14.1. The quantitative estimate of drug-likeness (QED) is 0.805. The number of methoxy groups -OCH3 is 2. The smallest absolute Gasteiger partial charge is 0.221 e. The van der Waals surface area contributed by atoms with Crippen LogP contribution in [-0.2, 0) is 0 Å². The standard InChI is InChI=1S/C16H14FN3O2/c1-21-13-7-10-12(8-14(13)22-2)19-16(18)20-15(10)9-5-3-4-6-11(9)17/h3-8H,1-2H3,(H2,18,19,20). The summed E-state index contributed by atoms with van der Waals surface area (Å²) in [6.45, 7) is 0. The second kappa shape index (κ2) is 5.48. The molecule has 0 aliphatic carbocycles. The number of hydrogen-bond donors (Lipinski definition) is 1. The Bertz CT molecular complexity index is 852. The van der Waals surface area contributed by atoms with Gasteiger partial charge in [-0.15, -0.1) is 0 Å². The predicted octanol–water partition coefficient (Wildman–Crippen LogP) is 3.04. The average molecular weight is 299 g/mol. The Kier molecular flexibility index (Phi) is 3.50. The van der Waals surface area contributed by atoms with Crippen molar-refractivity contribution in [1.82, 2.24) is 9.97 Å². The number of nitrogens with two attached hydrogens (primary N) is 1. The average Bonchev–Trinajstić information content (AvgIpc) is 2.53. The van der Waals surface area contributed by atoms with Gasteiger partial charge in [0.15, 0.2) is 11.5 Å². The van der Waals surface area contributed by atoms with Gasteiger partial charge in [-0.05, 0) is 18.2 Å². The van der Waals surface area contributed by atoms with Crippen LogP contribution in [0.4, 0.5) is 10.3 Å². The van der Waals surface area contributed by atoms with E-state index in [4.69, 9.17) is 15.2 Å². The van der Waals surface area contributed by atoms with Gasteiger partial charge < -0.3 is 15.2 Å². The molecule has 0 saturated carbocycles. The van der Waals surface area contributed by atoms with E-state index in [0.29, 0.717) is 33.7 Å². The molecule has 0 radical (unpaired) electrons. The molecular formula is C16H14FN3O2. The first-order chi connectivity index (χ1) is 10.6. The number of nitrogen functional groups attached to an aromatic ring is 1. The summed E-state index contributed by atoms with van der Waals surface area (Å²) < 4.78 is 24.6. The fraction of sp³-hybridized carbons (Fsp3) is 0.125. The number of aromatic nitrogens is 2. The van der Waals surface area contributed by atoms with Crippen molar-refractivity contribution in [2.24, 2.45) is 0 Å². The Morgan fingerprint density at radius 1 is 1.00 bits per heavy atom. The van der Waals surface area contributed by atoms with Crippen LogP contribution in [0.15, 0.2) is 36.4 Å². The number of halogens is 1. The fourth-order valence-electron chi connectivity index (χ4n) is 2.33. The third kappa shape index (κ3) is 2.28. The molecule has 1 aromatic heterocycles. The molecule has 0 amide bonds. The number of benzene rings is 2. The number of rotatable bonds is 3. The van der Waals surface area contributed by atoms with Crippen molar-refractivity contribution in [3.63, 3.8) is 0 Å².